The SMILES string of the molecule is Cc1cnc(OCC2CN(C)CCO2)c(Nc2nccc(-c3cc(C#N)c4c(c3)[PH](C)(CO)CN4)n2)c1. The van der Waals surface area contributed by atoms with E-state index < -0.39 is 7.26 Å². The number of nitrogens with one attached hydrogen (secondary N) is 2. The first-order valence-electron chi connectivity index (χ1n) is 12.3. The molecule has 3 aromatic rings. The molecule has 0 aliphatic carbocycles. The van der Waals surface area contributed by atoms with E-state index in [1.54, 1.807) is 12.4 Å². The van der Waals surface area contributed by atoms with Crippen LogP contribution in [0.15, 0.2) is 36.7 Å². The van der Waals surface area contributed by atoms with Crippen LogP contribution in [0.4, 0.5) is 17.3 Å². The molecule has 10 nitrogen and oxygen atoms in total. The molecule has 1 aromatic carbocycles. The van der Waals surface area contributed by atoms with Crippen LogP contribution < -0.4 is 20.7 Å². The van der Waals surface area contributed by atoms with Gasteiger partial charge in [-0.25, -0.2) is 0 Å². The molecule has 1 fully saturated rings. The maximum absolute atomic E-state index is 10.1. The van der Waals surface area contributed by atoms with Gasteiger partial charge in [0.1, 0.15) is 0 Å². The van der Waals surface area contributed by atoms with Gasteiger partial charge in [-0.1, -0.05) is 0 Å². The fraction of sp³-hybridized carbons (Fsp3) is 0.385. The van der Waals surface area contributed by atoms with Crippen LogP contribution in [0.5, 0.6) is 5.88 Å². The van der Waals surface area contributed by atoms with Crippen LogP contribution in [0.3, 0.4) is 0 Å². The standard InChI is InChI=1S/C26H32N7O3P/c1-17-8-22(25(29-12-17)36-14-20-13-33(2)6-7-35-20)32-26-28-5-4-21(31-26)18-9-19(11-27)24-23(10-18)37(3,16-34)15-30-24/h4-5,8-10,12,20,30,34,37H,6-7,13-16H2,1-3H3,(H,28,31,32). The Morgan fingerprint density at radius 1 is 1.35 bits per heavy atom. The number of fused-ring (bicyclic) bond motifs is 1. The monoisotopic (exact) mass is 521 g/mol. The van der Waals surface area contributed by atoms with Crippen LogP contribution in [0.2, 0.25) is 0 Å². The molecule has 2 aliphatic rings. The van der Waals surface area contributed by atoms with Gasteiger partial charge in [-0.2, -0.15) is 0 Å². The number of ether oxygens (including phenoxy) is 2. The van der Waals surface area contributed by atoms with E-state index >= 15 is 0 Å². The first-order valence-corrected chi connectivity index (χ1v) is 15.2. The zero-order valence-electron chi connectivity index (χ0n) is 21.3. The third-order valence-electron chi connectivity index (χ3n) is 6.85. The van der Waals surface area contributed by atoms with Crippen molar-refractivity contribution in [3.63, 3.8) is 0 Å². The number of hydrogen-bond acceptors (Lipinski definition) is 10. The Balaban J connectivity index is 1.40. The number of rotatable bonds is 7. The Hall–Kier alpha value is -3.35. The number of pyridine rings is 1. The van der Waals surface area contributed by atoms with E-state index in [2.05, 4.69) is 51.3 Å². The molecule has 3 N–H and O–H groups in total. The molecule has 5 rings (SSSR count). The van der Waals surface area contributed by atoms with Crippen LogP contribution in [0.1, 0.15) is 11.1 Å². The van der Waals surface area contributed by atoms with E-state index in [-0.39, 0.29) is 12.5 Å². The van der Waals surface area contributed by atoms with Crippen molar-refractivity contribution >= 4 is 29.9 Å². The number of aliphatic hydroxyl groups is 1. The maximum atomic E-state index is 10.1. The molecular weight excluding hydrogens is 489 g/mol. The Labute approximate surface area is 217 Å². The van der Waals surface area contributed by atoms with E-state index in [1.807, 2.05) is 25.1 Å². The molecule has 1 saturated heterocycles. The number of hydrogen-bond donors (Lipinski definition) is 3. The summed E-state index contributed by atoms with van der Waals surface area (Å²) in [5, 5.41) is 27.5. The average molecular weight is 522 g/mol. The van der Waals surface area contributed by atoms with Crippen molar-refractivity contribution in [2.75, 3.05) is 63.3 Å². The van der Waals surface area contributed by atoms with Gasteiger partial charge in [-0.15, -0.1) is 0 Å². The first kappa shape index (κ1) is 25.3. The molecule has 11 heteroatoms. The fourth-order valence-electron chi connectivity index (χ4n) is 4.67. The van der Waals surface area contributed by atoms with Gasteiger partial charge in [-0.05, 0) is 7.05 Å². The molecule has 1 unspecified atom stereocenters. The average Bonchev–Trinajstić information content (AvgIpc) is 3.25. The van der Waals surface area contributed by atoms with Crippen molar-refractivity contribution in [3.05, 3.63) is 47.8 Å². The number of benzene rings is 1. The zero-order valence-corrected chi connectivity index (χ0v) is 22.3. The van der Waals surface area contributed by atoms with Gasteiger partial charge in [0.15, 0.2) is 0 Å². The van der Waals surface area contributed by atoms with E-state index in [9.17, 15) is 10.4 Å². The summed E-state index contributed by atoms with van der Waals surface area (Å²) >= 11 is 0. The molecule has 0 bridgehead atoms. The van der Waals surface area contributed by atoms with Crippen LogP contribution in [-0.4, -0.2) is 83.7 Å². The number of anilines is 3. The molecule has 4 heterocycles. The number of nitrogens with zero attached hydrogens (tertiary/aromatic N) is 5. The van der Waals surface area contributed by atoms with Crippen molar-refractivity contribution in [3.8, 4) is 23.2 Å². The van der Waals surface area contributed by atoms with Gasteiger partial charge in [0.2, 0.25) is 0 Å². The molecule has 0 radical (unpaired) electrons. The molecular formula is C26H32N7O3P. The van der Waals surface area contributed by atoms with Crippen molar-refractivity contribution in [2.24, 2.45) is 0 Å². The fourth-order valence-corrected chi connectivity index (χ4v) is 7.04. The third kappa shape index (κ3) is 5.36. The second-order valence-electron chi connectivity index (χ2n) is 9.95. The quantitative estimate of drug-likeness (QED) is 0.399. The Bertz CT molecular complexity index is 1350. The van der Waals surface area contributed by atoms with Gasteiger partial charge < -0.3 is 9.64 Å². The van der Waals surface area contributed by atoms with Crippen LogP contribution >= 0.6 is 7.26 Å². The van der Waals surface area contributed by atoms with Gasteiger partial charge in [0.05, 0.1) is 6.61 Å². The normalized spacial score (nSPS) is 19.4. The summed E-state index contributed by atoms with van der Waals surface area (Å²) in [6.07, 6.45) is 4.24. The third-order valence-corrected chi connectivity index (χ3v) is 10.2. The van der Waals surface area contributed by atoms with E-state index in [4.69, 9.17) is 14.5 Å². The van der Waals surface area contributed by atoms with E-state index in [1.165, 1.54) is 0 Å². The van der Waals surface area contributed by atoms with Crippen molar-refractivity contribution < 1.29 is 14.6 Å². The number of morpholine rings is 1. The summed E-state index contributed by atoms with van der Waals surface area (Å²) in [5.41, 5.74) is 4.52. The predicted molar refractivity (Wildman–Crippen MR) is 147 cm³/mol. The summed E-state index contributed by atoms with van der Waals surface area (Å²) in [4.78, 5) is 15.8. The molecule has 2 aliphatic heterocycles. The van der Waals surface area contributed by atoms with Gasteiger partial charge in [0, 0.05) is 13.1 Å². The number of aromatic nitrogens is 3. The molecule has 1 atom stereocenters. The second kappa shape index (κ2) is 10.6. The molecule has 0 saturated carbocycles. The molecule has 37 heavy (non-hydrogen) atoms. The van der Waals surface area contributed by atoms with Crippen molar-refractivity contribution in [1.29, 1.82) is 5.26 Å². The summed E-state index contributed by atoms with van der Waals surface area (Å²) in [7, 11) is -0.0429. The number of aryl methyl sites for hydroxylation is 1. The number of aliphatic hydroxyl groups excluding tert-OH is 1. The number of nitriles is 1. The van der Waals surface area contributed by atoms with Crippen LogP contribution in [0.25, 0.3) is 11.3 Å². The van der Waals surface area contributed by atoms with Gasteiger partial charge in [0.25, 0.3) is 0 Å². The first-order chi connectivity index (χ1) is 17.9. The predicted octanol–water partition coefficient (Wildman–Crippen LogP) is 2.51. The van der Waals surface area contributed by atoms with Crippen LogP contribution in [0, 0.1) is 18.3 Å². The van der Waals surface area contributed by atoms with Crippen molar-refractivity contribution in [1.82, 2.24) is 19.9 Å². The Morgan fingerprint density at radius 3 is 3.00 bits per heavy atom. The zero-order chi connectivity index (χ0) is 26.0. The molecule has 194 valence electrons. The minimum atomic E-state index is -2.11. The minimum absolute atomic E-state index is 0.0222. The Kier molecular flexibility index (Phi) is 7.22. The summed E-state index contributed by atoms with van der Waals surface area (Å²) in [6.45, 7) is 6.87. The molecule has 0 amide bonds. The summed E-state index contributed by atoms with van der Waals surface area (Å²) < 4.78 is 11.9. The molecule has 0 spiro atoms. The van der Waals surface area contributed by atoms with Crippen LogP contribution in [-0.2, 0) is 4.74 Å². The second-order valence-corrected chi connectivity index (χ2v) is 14.3. The molecule has 2 aromatic heterocycles. The summed E-state index contributed by atoms with van der Waals surface area (Å²) in [6, 6.07) is 9.94. The van der Waals surface area contributed by atoms with Gasteiger partial charge in [-0.3, -0.25) is 0 Å². The van der Waals surface area contributed by atoms with E-state index in [0.29, 0.717) is 48.3 Å². The van der Waals surface area contributed by atoms with Gasteiger partial charge >= 0.3 is 181 Å². The van der Waals surface area contributed by atoms with E-state index in [0.717, 1.165) is 35.2 Å². The number of likely N-dealkylation sites (N-methyl/N-ethyl adjacent to an activating group) is 1. The topological polar surface area (TPSA) is 128 Å². The summed E-state index contributed by atoms with van der Waals surface area (Å²) in [5.74, 6) is 0.846. The van der Waals surface area contributed by atoms with Crippen molar-refractivity contribution in [2.45, 2.75) is 13.0 Å². The Morgan fingerprint density at radius 2 is 2.22 bits per heavy atom.